The maximum absolute atomic E-state index is 9.87. The number of hydrogen-bond acceptors (Lipinski definition) is 2. The molecule has 0 spiro atoms. The van der Waals surface area contributed by atoms with Crippen LogP contribution in [-0.4, -0.2) is 17.8 Å². The minimum absolute atomic E-state index is 0.199. The molecule has 2 N–H and O–H groups in total. The van der Waals surface area contributed by atoms with Gasteiger partial charge in [-0.05, 0) is 12.0 Å². The third-order valence-electron chi connectivity index (χ3n) is 3.44. The highest BCUT2D eigenvalue weighted by molar-refractivity contribution is 5.14. The van der Waals surface area contributed by atoms with Gasteiger partial charge in [0.2, 0.25) is 0 Å². The van der Waals surface area contributed by atoms with Crippen LogP contribution in [0.5, 0.6) is 0 Å². The lowest BCUT2D eigenvalue weighted by molar-refractivity contribution is 0.157. The summed E-state index contributed by atoms with van der Waals surface area (Å²) in [6.45, 7) is 3.78. The summed E-state index contributed by atoms with van der Waals surface area (Å²) in [5, 5.41) is 13.2. The van der Waals surface area contributed by atoms with E-state index in [1.165, 1.54) is 37.7 Å². The van der Waals surface area contributed by atoms with Crippen LogP contribution in [0.4, 0.5) is 0 Å². The van der Waals surface area contributed by atoms with E-state index < -0.39 is 0 Å². The Morgan fingerprint density at radius 2 is 1.68 bits per heavy atom. The second-order valence-corrected chi connectivity index (χ2v) is 5.33. The molecule has 0 saturated heterocycles. The van der Waals surface area contributed by atoms with Crippen molar-refractivity contribution in [1.82, 2.24) is 5.32 Å². The summed E-state index contributed by atoms with van der Waals surface area (Å²) >= 11 is 0. The molecule has 0 saturated carbocycles. The molecule has 0 aliphatic heterocycles. The molecule has 1 aromatic carbocycles. The normalized spacial score (nSPS) is 12.5. The number of nitrogens with one attached hydrogen (secondary N) is 1. The standard InChI is InChI=1S/C17H29NO/c1-2-3-4-5-6-10-13-17(19)15-18-14-16-11-8-7-9-12-16/h7-9,11-12,17-19H,2-6,10,13-15H2,1H3/t17-/m1/s1. The van der Waals surface area contributed by atoms with Crippen LogP contribution in [0.3, 0.4) is 0 Å². The van der Waals surface area contributed by atoms with E-state index in [9.17, 15) is 5.11 Å². The van der Waals surface area contributed by atoms with Crippen molar-refractivity contribution in [2.24, 2.45) is 0 Å². The van der Waals surface area contributed by atoms with Crippen LogP contribution < -0.4 is 5.32 Å². The molecule has 108 valence electrons. The SMILES string of the molecule is CCCCCCCC[C@@H](O)CNCc1ccccc1. The zero-order valence-electron chi connectivity index (χ0n) is 12.3. The van der Waals surface area contributed by atoms with Crippen molar-refractivity contribution in [3.63, 3.8) is 0 Å². The van der Waals surface area contributed by atoms with Gasteiger partial charge in [0.05, 0.1) is 6.10 Å². The van der Waals surface area contributed by atoms with E-state index in [2.05, 4.69) is 24.4 Å². The van der Waals surface area contributed by atoms with Crippen LogP contribution in [0, 0.1) is 0 Å². The monoisotopic (exact) mass is 263 g/mol. The number of hydrogen-bond donors (Lipinski definition) is 2. The maximum atomic E-state index is 9.87. The summed E-state index contributed by atoms with van der Waals surface area (Å²) in [6, 6.07) is 10.3. The topological polar surface area (TPSA) is 32.3 Å². The van der Waals surface area contributed by atoms with E-state index in [0.29, 0.717) is 6.54 Å². The molecule has 1 aromatic rings. The van der Waals surface area contributed by atoms with Crippen molar-refractivity contribution in [2.75, 3.05) is 6.54 Å². The first-order valence-electron chi connectivity index (χ1n) is 7.75. The number of aliphatic hydroxyl groups excluding tert-OH is 1. The molecule has 0 fully saturated rings. The van der Waals surface area contributed by atoms with E-state index >= 15 is 0 Å². The summed E-state index contributed by atoms with van der Waals surface area (Å²) in [5.41, 5.74) is 1.27. The molecule has 0 bridgehead atoms. The zero-order valence-corrected chi connectivity index (χ0v) is 12.3. The molecule has 1 atom stereocenters. The van der Waals surface area contributed by atoms with E-state index in [1.54, 1.807) is 0 Å². The molecule has 0 aromatic heterocycles. The number of rotatable bonds is 11. The van der Waals surface area contributed by atoms with Crippen LogP contribution in [0.1, 0.15) is 57.4 Å². The van der Waals surface area contributed by atoms with Crippen molar-refractivity contribution in [1.29, 1.82) is 0 Å². The molecule has 0 amide bonds. The second kappa shape index (κ2) is 11.0. The molecule has 0 aliphatic rings. The van der Waals surface area contributed by atoms with Crippen LogP contribution >= 0.6 is 0 Å². The first-order valence-corrected chi connectivity index (χ1v) is 7.75. The molecule has 0 aliphatic carbocycles. The molecule has 1 rings (SSSR count). The smallest absolute Gasteiger partial charge is 0.0664 e. The summed E-state index contributed by atoms with van der Waals surface area (Å²) < 4.78 is 0. The molecule has 2 heteroatoms. The van der Waals surface area contributed by atoms with Gasteiger partial charge in [0, 0.05) is 13.1 Å². The number of aliphatic hydroxyl groups is 1. The molecule has 19 heavy (non-hydrogen) atoms. The summed E-state index contributed by atoms with van der Waals surface area (Å²) in [7, 11) is 0. The predicted molar refractivity (Wildman–Crippen MR) is 82.1 cm³/mol. The summed E-state index contributed by atoms with van der Waals surface area (Å²) in [5.74, 6) is 0. The predicted octanol–water partition coefficient (Wildman–Crippen LogP) is 3.89. The van der Waals surface area contributed by atoms with Crippen LogP contribution in [0.25, 0.3) is 0 Å². The maximum Gasteiger partial charge on any atom is 0.0664 e. The molecule has 0 radical (unpaired) electrons. The van der Waals surface area contributed by atoms with Crippen LogP contribution in [0.15, 0.2) is 30.3 Å². The Balaban J connectivity index is 1.94. The zero-order chi connectivity index (χ0) is 13.8. The van der Waals surface area contributed by atoms with E-state index in [1.807, 2.05) is 18.2 Å². The molecule has 0 unspecified atom stereocenters. The average molecular weight is 263 g/mol. The molecule has 2 nitrogen and oxygen atoms in total. The summed E-state index contributed by atoms with van der Waals surface area (Å²) in [6.07, 6.45) is 8.45. The van der Waals surface area contributed by atoms with Crippen molar-refractivity contribution >= 4 is 0 Å². The van der Waals surface area contributed by atoms with Crippen molar-refractivity contribution < 1.29 is 5.11 Å². The van der Waals surface area contributed by atoms with Gasteiger partial charge in [-0.2, -0.15) is 0 Å². The van der Waals surface area contributed by atoms with E-state index in [-0.39, 0.29) is 6.10 Å². The van der Waals surface area contributed by atoms with E-state index in [4.69, 9.17) is 0 Å². The van der Waals surface area contributed by atoms with Crippen molar-refractivity contribution in [3.8, 4) is 0 Å². The van der Waals surface area contributed by atoms with Crippen LogP contribution in [0.2, 0.25) is 0 Å². The van der Waals surface area contributed by atoms with Gasteiger partial charge < -0.3 is 10.4 Å². The molecular formula is C17H29NO. The average Bonchev–Trinajstić information content (AvgIpc) is 2.44. The Labute approximate surface area is 118 Å². The van der Waals surface area contributed by atoms with Crippen molar-refractivity contribution in [3.05, 3.63) is 35.9 Å². The minimum Gasteiger partial charge on any atom is -0.392 e. The Kier molecular flexibility index (Phi) is 9.38. The first kappa shape index (κ1) is 16.2. The van der Waals surface area contributed by atoms with Gasteiger partial charge in [-0.3, -0.25) is 0 Å². The Morgan fingerprint density at radius 3 is 2.42 bits per heavy atom. The van der Waals surface area contributed by atoms with Crippen LogP contribution in [-0.2, 0) is 6.54 Å². The van der Waals surface area contributed by atoms with Gasteiger partial charge in [0.25, 0.3) is 0 Å². The van der Waals surface area contributed by atoms with Gasteiger partial charge in [0.1, 0.15) is 0 Å². The minimum atomic E-state index is -0.199. The summed E-state index contributed by atoms with van der Waals surface area (Å²) in [4.78, 5) is 0. The van der Waals surface area contributed by atoms with Gasteiger partial charge in [-0.15, -0.1) is 0 Å². The fourth-order valence-electron chi connectivity index (χ4n) is 2.24. The molecule has 0 heterocycles. The lowest BCUT2D eigenvalue weighted by Crippen LogP contribution is -2.26. The third-order valence-corrected chi connectivity index (χ3v) is 3.44. The Bertz CT molecular complexity index is 299. The third kappa shape index (κ3) is 8.79. The first-order chi connectivity index (χ1) is 9.33. The van der Waals surface area contributed by atoms with Gasteiger partial charge in [-0.25, -0.2) is 0 Å². The highest BCUT2D eigenvalue weighted by Gasteiger charge is 2.03. The van der Waals surface area contributed by atoms with E-state index in [0.717, 1.165) is 19.4 Å². The number of benzene rings is 1. The lowest BCUT2D eigenvalue weighted by atomic mass is 10.1. The fraction of sp³-hybridized carbons (Fsp3) is 0.647. The quantitative estimate of drug-likeness (QED) is 0.594. The Hall–Kier alpha value is -0.860. The second-order valence-electron chi connectivity index (χ2n) is 5.33. The van der Waals surface area contributed by atoms with Crippen molar-refractivity contribution in [2.45, 2.75) is 64.5 Å². The van der Waals surface area contributed by atoms with Gasteiger partial charge >= 0.3 is 0 Å². The fourth-order valence-corrected chi connectivity index (χ4v) is 2.24. The molecular weight excluding hydrogens is 234 g/mol. The Morgan fingerprint density at radius 1 is 1.00 bits per heavy atom. The van der Waals surface area contributed by atoms with Gasteiger partial charge in [-0.1, -0.05) is 75.8 Å². The highest BCUT2D eigenvalue weighted by Crippen LogP contribution is 2.08. The largest absolute Gasteiger partial charge is 0.392 e. The lowest BCUT2D eigenvalue weighted by Gasteiger charge is -2.11. The highest BCUT2D eigenvalue weighted by atomic mass is 16.3. The number of unbranched alkanes of at least 4 members (excludes halogenated alkanes) is 5. The van der Waals surface area contributed by atoms with Gasteiger partial charge in [0.15, 0.2) is 0 Å².